The maximum absolute atomic E-state index is 13.2. The molecule has 0 aliphatic carbocycles. The molecule has 0 aromatic heterocycles. The average Bonchev–Trinajstić information content (AvgIpc) is 3.18. The van der Waals surface area contributed by atoms with Gasteiger partial charge in [0.1, 0.15) is 24.0 Å². The summed E-state index contributed by atoms with van der Waals surface area (Å²) in [5.41, 5.74) is 8.32. The summed E-state index contributed by atoms with van der Waals surface area (Å²) in [6.45, 7) is 12.9. The van der Waals surface area contributed by atoms with E-state index in [-0.39, 0.29) is 36.8 Å². The van der Waals surface area contributed by atoms with Gasteiger partial charge in [-0.3, -0.25) is 10.2 Å². The molecule has 1 aliphatic heterocycles. The quantitative estimate of drug-likeness (QED) is 0.0584. The van der Waals surface area contributed by atoms with E-state index < -0.39 is 45.5 Å². The number of carbonyl (C=O) groups is 2. The van der Waals surface area contributed by atoms with Gasteiger partial charge < -0.3 is 25.8 Å². The average molecular weight is 586 g/mol. The fourth-order valence-electron chi connectivity index (χ4n) is 4.41. The first-order valence-electron chi connectivity index (χ1n) is 12.7. The molecular weight excluding hydrogens is 546 g/mol. The number of ether oxygens (including phenoxy) is 2. The van der Waals surface area contributed by atoms with Gasteiger partial charge in [-0.25, -0.2) is 17.9 Å². The van der Waals surface area contributed by atoms with E-state index in [1.807, 2.05) is 20.8 Å². The lowest BCUT2D eigenvalue weighted by Crippen LogP contribution is -2.49. The van der Waals surface area contributed by atoms with Crippen LogP contribution in [0.4, 0.5) is 0 Å². The molecule has 13 heteroatoms. The predicted molar refractivity (Wildman–Crippen MR) is 151 cm³/mol. The van der Waals surface area contributed by atoms with Gasteiger partial charge in [-0.15, -0.1) is 11.6 Å². The number of halogens is 1. The maximum atomic E-state index is 13.2. The Hall–Kier alpha value is -2.83. The molecule has 2 rings (SSSR count). The minimum Gasteiger partial charge on any atom is -0.487 e. The second kappa shape index (κ2) is 13.5. The van der Waals surface area contributed by atoms with Crippen molar-refractivity contribution in [1.29, 1.82) is 5.41 Å². The fraction of sp³-hybridized carbons (Fsp3) is 0.577. The maximum Gasteiger partial charge on any atom is 0.328 e. The van der Waals surface area contributed by atoms with Crippen molar-refractivity contribution < 1.29 is 27.5 Å². The van der Waals surface area contributed by atoms with E-state index in [0.29, 0.717) is 24.0 Å². The summed E-state index contributed by atoms with van der Waals surface area (Å²) in [6, 6.07) is -1.84. The Morgan fingerprint density at radius 3 is 2.51 bits per heavy atom. The summed E-state index contributed by atoms with van der Waals surface area (Å²) in [5.74, 6) is -0.694. The first-order valence-corrected chi connectivity index (χ1v) is 14.7. The highest BCUT2D eigenvalue weighted by molar-refractivity contribution is 7.90. The number of sulfonamides is 1. The molecule has 11 nitrogen and oxygen atoms in total. The highest BCUT2D eigenvalue weighted by Crippen LogP contribution is 2.43. The SMILES string of the molecule is C=CCOC(=O)[C@H](CCCl)NC(=O)[C@H](N)CCCNC(=N)NS(=O)(=O)c1c(C)c(C)c2c(c1C)CC(C)(C)O2. The van der Waals surface area contributed by atoms with E-state index in [1.165, 1.54) is 6.08 Å². The standard InChI is InChI=1S/C26H40ClN5O6S/c1-7-13-37-24(34)20(10-11-27)31-23(33)19(28)9-8-12-30-25(29)32-39(35,36)22-16(3)15(2)21-18(17(22)4)14-26(5,6)38-21/h7,19-20H,1,8-14,28H2,2-6H3,(H,31,33)(H3,29,30,32)/t19-,20+/m1/s1. The van der Waals surface area contributed by atoms with Crippen LogP contribution in [0, 0.1) is 26.2 Å². The lowest BCUT2D eigenvalue weighted by atomic mass is 9.94. The van der Waals surface area contributed by atoms with Gasteiger partial charge in [0.05, 0.1) is 10.9 Å². The molecule has 1 heterocycles. The van der Waals surface area contributed by atoms with E-state index in [4.69, 9.17) is 32.2 Å². The highest BCUT2D eigenvalue weighted by atomic mass is 35.5. The Morgan fingerprint density at radius 1 is 1.23 bits per heavy atom. The number of alkyl halides is 1. The van der Waals surface area contributed by atoms with Crippen molar-refractivity contribution in [2.45, 2.75) is 82.9 Å². The largest absolute Gasteiger partial charge is 0.487 e. The van der Waals surface area contributed by atoms with Crippen LogP contribution in [0.5, 0.6) is 5.75 Å². The van der Waals surface area contributed by atoms with Crippen LogP contribution < -0.4 is 25.8 Å². The summed E-state index contributed by atoms with van der Waals surface area (Å²) >= 11 is 5.72. The second-order valence-corrected chi connectivity index (χ2v) is 12.2. The first-order chi connectivity index (χ1) is 18.1. The lowest BCUT2D eigenvalue weighted by Gasteiger charge is -2.20. The molecule has 0 radical (unpaired) electrons. The van der Waals surface area contributed by atoms with Crippen molar-refractivity contribution in [3.8, 4) is 5.75 Å². The molecule has 2 atom stereocenters. The van der Waals surface area contributed by atoms with Crippen LogP contribution >= 0.6 is 11.6 Å². The molecule has 1 aromatic carbocycles. The zero-order valence-electron chi connectivity index (χ0n) is 23.2. The topological polar surface area (TPSA) is 173 Å². The highest BCUT2D eigenvalue weighted by Gasteiger charge is 2.36. The zero-order chi connectivity index (χ0) is 29.5. The monoisotopic (exact) mass is 585 g/mol. The Labute approximate surface area is 235 Å². The minimum absolute atomic E-state index is 0.0126. The number of fused-ring (bicyclic) bond motifs is 1. The summed E-state index contributed by atoms with van der Waals surface area (Å²) < 4.78 is 39.8. The minimum atomic E-state index is -4.05. The molecule has 6 N–H and O–H groups in total. The third-order valence-electron chi connectivity index (χ3n) is 6.47. The van der Waals surface area contributed by atoms with E-state index in [2.05, 4.69) is 21.9 Å². The van der Waals surface area contributed by atoms with Crippen LogP contribution in [0.15, 0.2) is 17.6 Å². The molecule has 0 fully saturated rings. The molecule has 1 amide bonds. The molecular formula is C26H40ClN5O6S. The smallest absolute Gasteiger partial charge is 0.328 e. The van der Waals surface area contributed by atoms with Crippen LogP contribution in [-0.2, 0) is 30.8 Å². The normalized spacial score (nSPS) is 15.4. The number of nitrogens with one attached hydrogen (secondary N) is 4. The third-order valence-corrected chi connectivity index (χ3v) is 8.31. The number of nitrogens with two attached hydrogens (primary N) is 1. The predicted octanol–water partition coefficient (Wildman–Crippen LogP) is 2.08. The van der Waals surface area contributed by atoms with E-state index in [9.17, 15) is 18.0 Å². The molecule has 1 aliphatic rings. The Bertz CT molecular complexity index is 1220. The Morgan fingerprint density at radius 2 is 1.90 bits per heavy atom. The number of benzene rings is 1. The number of carbonyl (C=O) groups excluding carboxylic acids is 2. The van der Waals surface area contributed by atoms with Crippen molar-refractivity contribution in [2.24, 2.45) is 5.73 Å². The van der Waals surface area contributed by atoms with Gasteiger partial charge in [0.2, 0.25) is 11.9 Å². The van der Waals surface area contributed by atoms with Crippen molar-refractivity contribution >= 4 is 39.5 Å². The fourth-order valence-corrected chi connectivity index (χ4v) is 6.16. The molecule has 39 heavy (non-hydrogen) atoms. The van der Waals surface area contributed by atoms with Crippen molar-refractivity contribution in [3.63, 3.8) is 0 Å². The Kier molecular flexibility index (Phi) is 11.2. The molecule has 1 aromatic rings. The van der Waals surface area contributed by atoms with Crippen LogP contribution in [0.3, 0.4) is 0 Å². The van der Waals surface area contributed by atoms with Gasteiger partial charge >= 0.3 is 5.97 Å². The number of hydrogen-bond donors (Lipinski definition) is 5. The third kappa shape index (κ3) is 8.33. The van der Waals surface area contributed by atoms with Gasteiger partial charge in [0.15, 0.2) is 0 Å². The van der Waals surface area contributed by atoms with Crippen molar-refractivity contribution in [1.82, 2.24) is 15.4 Å². The van der Waals surface area contributed by atoms with E-state index in [0.717, 1.165) is 16.9 Å². The molecule has 0 saturated heterocycles. The summed E-state index contributed by atoms with van der Waals surface area (Å²) in [6.07, 6.45) is 2.78. The van der Waals surface area contributed by atoms with Crippen molar-refractivity contribution in [3.05, 3.63) is 34.9 Å². The van der Waals surface area contributed by atoms with Crippen molar-refractivity contribution in [2.75, 3.05) is 19.0 Å². The van der Waals surface area contributed by atoms with Crippen LogP contribution in [0.2, 0.25) is 0 Å². The number of rotatable bonds is 13. The number of esters is 1. The first kappa shape index (κ1) is 32.4. The number of hydrogen-bond acceptors (Lipinski definition) is 8. The van der Waals surface area contributed by atoms with Gasteiger partial charge in [0, 0.05) is 24.4 Å². The van der Waals surface area contributed by atoms with Crippen LogP contribution in [0.1, 0.15) is 55.4 Å². The van der Waals surface area contributed by atoms with E-state index >= 15 is 0 Å². The summed E-state index contributed by atoms with van der Waals surface area (Å²) in [5, 5.41) is 13.4. The summed E-state index contributed by atoms with van der Waals surface area (Å²) in [7, 11) is -4.05. The van der Waals surface area contributed by atoms with Gasteiger partial charge in [-0.2, -0.15) is 0 Å². The number of amides is 1. The van der Waals surface area contributed by atoms with Crippen LogP contribution in [-0.4, -0.2) is 63.0 Å². The Balaban J connectivity index is 1.92. The molecule has 218 valence electrons. The molecule has 0 spiro atoms. The number of guanidine groups is 1. The van der Waals surface area contributed by atoms with Crippen LogP contribution in [0.25, 0.3) is 0 Å². The molecule has 0 unspecified atom stereocenters. The second-order valence-electron chi connectivity index (χ2n) is 10.2. The van der Waals surface area contributed by atoms with Gasteiger partial charge in [0.25, 0.3) is 10.0 Å². The molecule has 0 bridgehead atoms. The van der Waals surface area contributed by atoms with Gasteiger partial charge in [-0.05, 0) is 70.6 Å². The molecule has 0 saturated carbocycles. The summed E-state index contributed by atoms with van der Waals surface area (Å²) in [4.78, 5) is 24.6. The lowest BCUT2D eigenvalue weighted by molar-refractivity contribution is -0.146. The zero-order valence-corrected chi connectivity index (χ0v) is 24.8. The van der Waals surface area contributed by atoms with E-state index in [1.54, 1.807) is 13.8 Å². The van der Waals surface area contributed by atoms with Gasteiger partial charge in [-0.1, -0.05) is 12.7 Å².